The van der Waals surface area contributed by atoms with E-state index in [2.05, 4.69) is 63.0 Å². The molecule has 2 aromatic carbocycles. The molecular weight excluding hydrogens is 348 g/mol. The van der Waals surface area contributed by atoms with Gasteiger partial charge in [-0.15, -0.1) is 0 Å². The van der Waals surface area contributed by atoms with Crippen LogP contribution >= 0.6 is 0 Å². The van der Waals surface area contributed by atoms with Gasteiger partial charge >= 0.3 is 6.03 Å². The first kappa shape index (κ1) is 18.6. The Labute approximate surface area is 166 Å². The number of benzene rings is 2. The Bertz CT molecular complexity index is 897. The molecule has 1 aliphatic heterocycles. The first-order valence-corrected chi connectivity index (χ1v) is 10.1. The van der Waals surface area contributed by atoms with Gasteiger partial charge in [-0.05, 0) is 36.5 Å². The molecule has 2 heterocycles. The Morgan fingerprint density at radius 2 is 1.79 bits per heavy atom. The highest BCUT2D eigenvalue weighted by molar-refractivity contribution is 5.83. The van der Waals surface area contributed by atoms with Gasteiger partial charge in [0, 0.05) is 49.3 Å². The summed E-state index contributed by atoms with van der Waals surface area (Å²) in [5.74, 6) is 0. The van der Waals surface area contributed by atoms with Gasteiger partial charge in [0.05, 0.1) is 0 Å². The van der Waals surface area contributed by atoms with Crippen molar-refractivity contribution in [3.05, 3.63) is 71.9 Å². The minimum atomic E-state index is -0.0543. The van der Waals surface area contributed by atoms with Crippen LogP contribution in [0.5, 0.6) is 0 Å². The number of likely N-dealkylation sites (tertiary alicyclic amines) is 1. The van der Waals surface area contributed by atoms with E-state index in [9.17, 15) is 4.79 Å². The number of piperidine rings is 1. The Kier molecular flexibility index (Phi) is 5.92. The number of carbonyl (C=O) groups is 1. The number of aromatic nitrogens is 1. The molecule has 0 radical (unpaired) electrons. The summed E-state index contributed by atoms with van der Waals surface area (Å²) in [5, 5.41) is 7.37. The van der Waals surface area contributed by atoms with Crippen LogP contribution in [0.15, 0.2) is 60.8 Å². The summed E-state index contributed by atoms with van der Waals surface area (Å²) in [4.78, 5) is 18.0. The molecule has 5 heteroatoms. The maximum absolute atomic E-state index is 12.2. The fourth-order valence-electron chi connectivity index (χ4n) is 3.96. The maximum atomic E-state index is 12.2. The molecule has 5 nitrogen and oxygen atoms in total. The largest absolute Gasteiger partial charge is 0.361 e. The average Bonchev–Trinajstić information content (AvgIpc) is 3.14. The van der Waals surface area contributed by atoms with Crippen LogP contribution in [-0.4, -0.2) is 41.6 Å². The molecule has 0 saturated carbocycles. The number of carbonyl (C=O) groups excluding carboxylic acids is 1. The van der Waals surface area contributed by atoms with Crippen LogP contribution in [0.25, 0.3) is 10.9 Å². The number of urea groups is 1. The lowest BCUT2D eigenvalue weighted by atomic mass is 10.0. The summed E-state index contributed by atoms with van der Waals surface area (Å²) in [6.07, 6.45) is 4.87. The van der Waals surface area contributed by atoms with E-state index >= 15 is 0 Å². The van der Waals surface area contributed by atoms with Crippen molar-refractivity contribution < 1.29 is 4.79 Å². The van der Waals surface area contributed by atoms with Crippen molar-refractivity contribution in [2.75, 3.05) is 19.6 Å². The summed E-state index contributed by atoms with van der Waals surface area (Å²) in [7, 11) is 0. The van der Waals surface area contributed by atoms with Crippen LogP contribution in [0.4, 0.5) is 4.79 Å². The molecule has 0 bridgehead atoms. The second-order valence-corrected chi connectivity index (χ2v) is 7.55. The van der Waals surface area contributed by atoms with E-state index in [1.807, 2.05) is 18.3 Å². The van der Waals surface area contributed by atoms with E-state index in [1.54, 1.807) is 0 Å². The molecule has 0 aliphatic carbocycles. The number of para-hydroxylation sites is 1. The standard InChI is InChI=1S/C23H28N4O/c28-23(24-13-10-19-16-25-22-9-5-4-8-21(19)22)26-20-11-14-27(15-12-20)17-18-6-2-1-3-7-18/h1-9,16,20,25H,10-15,17H2,(H2,24,26,28). The maximum Gasteiger partial charge on any atom is 0.315 e. The Morgan fingerprint density at radius 1 is 1.04 bits per heavy atom. The number of H-pyrrole nitrogens is 1. The molecule has 0 unspecified atom stereocenters. The second kappa shape index (κ2) is 8.93. The molecule has 1 saturated heterocycles. The van der Waals surface area contributed by atoms with Gasteiger partial charge in [0.2, 0.25) is 0 Å². The molecule has 4 rings (SSSR count). The van der Waals surface area contributed by atoms with Gasteiger partial charge < -0.3 is 15.6 Å². The lowest BCUT2D eigenvalue weighted by Gasteiger charge is -2.32. The number of hydrogen-bond acceptors (Lipinski definition) is 2. The van der Waals surface area contributed by atoms with E-state index < -0.39 is 0 Å². The van der Waals surface area contributed by atoms with E-state index in [-0.39, 0.29) is 12.1 Å². The smallest absolute Gasteiger partial charge is 0.315 e. The number of rotatable bonds is 6. The Morgan fingerprint density at radius 3 is 2.61 bits per heavy atom. The van der Waals surface area contributed by atoms with Crippen molar-refractivity contribution in [2.24, 2.45) is 0 Å². The van der Waals surface area contributed by atoms with E-state index in [0.29, 0.717) is 6.54 Å². The van der Waals surface area contributed by atoms with Gasteiger partial charge in [-0.2, -0.15) is 0 Å². The highest BCUT2D eigenvalue weighted by Crippen LogP contribution is 2.17. The van der Waals surface area contributed by atoms with Crippen molar-refractivity contribution in [1.29, 1.82) is 0 Å². The first-order chi connectivity index (χ1) is 13.8. The van der Waals surface area contributed by atoms with Gasteiger partial charge in [0.25, 0.3) is 0 Å². The third kappa shape index (κ3) is 4.73. The highest BCUT2D eigenvalue weighted by Gasteiger charge is 2.20. The highest BCUT2D eigenvalue weighted by atomic mass is 16.2. The summed E-state index contributed by atoms with van der Waals surface area (Å²) >= 11 is 0. The second-order valence-electron chi connectivity index (χ2n) is 7.55. The minimum Gasteiger partial charge on any atom is -0.361 e. The molecular formula is C23H28N4O. The molecule has 1 aliphatic rings. The zero-order chi connectivity index (χ0) is 19.2. The van der Waals surface area contributed by atoms with Crippen LogP contribution in [-0.2, 0) is 13.0 Å². The summed E-state index contributed by atoms with van der Waals surface area (Å²) in [6.45, 7) is 3.68. The zero-order valence-corrected chi connectivity index (χ0v) is 16.2. The van der Waals surface area contributed by atoms with Crippen LogP contribution in [0.1, 0.15) is 24.0 Å². The summed E-state index contributed by atoms with van der Waals surface area (Å²) in [6, 6.07) is 19.0. The predicted octanol–water partition coefficient (Wildman–Crippen LogP) is 3.67. The molecule has 0 spiro atoms. The molecule has 3 N–H and O–H groups in total. The monoisotopic (exact) mass is 376 g/mol. The van der Waals surface area contributed by atoms with E-state index in [0.717, 1.165) is 44.4 Å². The number of amides is 2. The van der Waals surface area contributed by atoms with Crippen LogP contribution < -0.4 is 10.6 Å². The van der Waals surface area contributed by atoms with Crippen molar-refractivity contribution in [3.63, 3.8) is 0 Å². The van der Waals surface area contributed by atoms with E-state index in [1.165, 1.54) is 16.5 Å². The number of hydrogen-bond donors (Lipinski definition) is 3. The van der Waals surface area contributed by atoms with Crippen molar-refractivity contribution in [3.8, 4) is 0 Å². The number of nitrogens with one attached hydrogen (secondary N) is 3. The van der Waals surface area contributed by atoms with Crippen molar-refractivity contribution >= 4 is 16.9 Å². The fourth-order valence-corrected chi connectivity index (χ4v) is 3.96. The van der Waals surface area contributed by atoms with Crippen molar-refractivity contribution in [2.45, 2.75) is 31.8 Å². The quantitative estimate of drug-likeness (QED) is 0.615. The number of fused-ring (bicyclic) bond motifs is 1. The van der Waals surface area contributed by atoms with Gasteiger partial charge in [0.15, 0.2) is 0 Å². The first-order valence-electron chi connectivity index (χ1n) is 10.1. The van der Waals surface area contributed by atoms with Gasteiger partial charge in [-0.1, -0.05) is 48.5 Å². The Balaban J connectivity index is 1.17. The molecule has 1 aromatic heterocycles. The van der Waals surface area contributed by atoms with Gasteiger partial charge in [-0.3, -0.25) is 4.90 Å². The van der Waals surface area contributed by atoms with Crippen LogP contribution in [0.2, 0.25) is 0 Å². The number of nitrogens with zero attached hydrogens (tertiary/aromatic N) is 1. The summed E-state index contributed by atoms with van der Waals surface area (Å²) < 4.78 is 0. The summed E-state index contributed by atoms with van der Waals surface area (Å²) in [5.41, 5.74) is 3.73. The fraction of sp³-hybridized carbons (Fsp3) is 0.348. The third-order valence-corrected chi connectivity index (χ3v) is 5.53. The molecule has 146 valence electrons. The predicted molar refractivity (Wildman–Crippen MR) is 113 cm³/mol. The minimum absolute atomic E-state index is 0.0543. The third-order valence-electron chi connectivity index (χ3n) is 5.53. The molecule has 28 heavy (non-hydrogen) atoms. The molecule has 3 aromatic rings. The molecule has 2 amide bonds. The van der Waals surface area contributed by atoms with Gasteiger partial charge in [0.1, 0.15) is 0 Å². The SMILES string of the molecule is O=C(NCCc1c[nH]c2ccccc12)NC1CCN(Cc2ccccc2)CC1. The lowest BCUT2D eigenvalue weighted by Crippen LogP contribution is -2.48. The zero-order valence-electron chi connectivity index (χ0n) is 16.2. The van der Waals surface area contributed by atoms with Gasteiger partial charge in [-0.25, -0.2) is 4.79 Å². The number of aromatic amines is 1. The lowest BCUT2D eigenvalue weighted by molar-refractivity contribution is 0.186. The molecule has 1 fully saturated rings. The van der Waals surface area contributed by atoms with Crippen LogP contribution in [0.3, 0.4) is 0 Å². The van der Waals surface area contributed by atoms with Crippen molar-refractivity contribution in [1.82, 2.24) is 20.5 Å². The topological polar surface area (TPSA) is 60.2 Å². The molecule has 0 atom stereocenters. The normalized spacial score (nSPS) is 15.6. The van der Waals surface area contributed by atoms with E-state index in [4.69, 9.17) is 0 Å². The van der Waals surface area contributed by atoms with Crippen LogP contribution in [0, 0.1) is 0 Å². The average molecular weight is 377 g/mol. The Hall–Kier alpha value is -2.79.